The summed E-state index contributed by atoms with van der Waals surface area (Å²) in [6.07, 6.45) is 0. The van der Waals surface area contributed by atoms with Crippen LogP contribution >= 0.6 is 27.5 Å². The van der Waals surface area contributed by atoms with Gasteiger partial charge in [-0.3, -0.25) is 0 Å². The Morgan fingerprint density at radius 1 is 1.26 bits per heavy atom. The van der Waals surface area contributed by atoms with E-state index < -0.39 is 0 Å². The van der Waals surface area contributed by atoms with Crippen LogP contribution in [-0.4, -0.2) is 0 Å². The molecule has 96 valence electrons. The summed E-state index contributed by atoms with van der Waals surface area (Å²) in [5, 5.41) is 9.50. The number of rotatable bonds is 3. The van der Waals surface area contributed by atoms with Crippen LogP contribution in [-0.2, 0) is 6.61 Å². The topological polar surface area (TPSA) is 33.0 Å². The van der Waals surface area contributed by atoms with Crippen molar-refractivity contribution in [1.82, 2.24) is 0 Å². The Hall–Kier alpha value is -1.57. The average Bonchev–Trinajstić information content (AvgIpc) is 2.39. The van der Waals surface area contributed by atoms with Gasteiger partial charge in [0.1, 0.15) is 18.5 Å². The molecule has 0 amide bonds. The first-order valence-electron chi connectivity index (χ1n) is 5.36. The molecule has 2 nitrogen and oxygen atoms in total. The van der Waals surface area contributed by atoms with E-state index in [9.17, 15) is 4.39 Å². The molecule has 0 spiro atoms. The Bertz CT molecular complexity index is 637. The van der Waals surface area contributed by atoms with Gasteiger partial charge in [0, 0.05) is 5.02 Å². The van der Waals surface area contributed by atoms with Gasteiger partial charge in [0.05, 0.1) is 10.0 Å². The molecule has 2 rings (SSSR count). The van der Waals surface area contributed by atoms with Crippen molar-refractivity contribution in [1.29, 1.82) is 5.26 Å². The van der Waals surface area contributed by atoms with Crippen molar-refractivity contribution in [2.45, 2.75) is 6.61 Å². The lowest BCUT2D eigenvalue weighted by molar-refractivity contribution is 0.303. The molecule has 0 radical (unpaired) electrons. The third kappa shape index (κ3) is 3.46. The third-order valence-electron chi connectivity index (χ3n) is 2.43. The maximum Gasteiger partial charge on any atom is 0.151 e. The van der Waals surface area contributed by atoms with Crippen LogP contribution in [0.2, 0.25) is 5.02 Å². The summed E-state index contributed by atoms with van der Waals surface area (Å²) in [6, 6.07) is 11.2. The van der Waals surface area contributed by atoms with E-state index in [1.807, 2.05) is 6.07 Å². The van der Waals surface area contributed by atoms with Gasteiger partial charge in [-0.2, -0.15) is 5.26 Å². The molecule has 0 aliphatic carbocycles. The highest BCUT2D eigenvalue weighted by Crippen LogP contribution is 2.32. The van der Waals surface area contributed by atoms with Crippen molar-refractivity contribution in [2.24, 2.45) is 0 Å². The fraction of sp³-hybridized carbons (Fsp3) is 0.0714. The smallest absolute Gasteiger partial charge is 0.151 e. The third-order valence-corrected chi connectivity index (χ3v) is 3.23. The van der Waals surface area contributed by atoms with Crippen LogP contribution in [0.3, 0.4) is 0 Å². The van der Waals surface area contributed by atoms with E-state index in [0.717, 1.165) is 5.56 Å². The first-order chi connectivity index (χ1) is 9.10. The standard InChI is InChI=1S/C14H8BrClFNO/c15-13-6-11(16)5-10(7-18)14(13)19-8-9-1-3-12(17)4-2-9/h1-6H,8H2. The van der Waals surface area contributed by atoms with Crippen LogP contribution in [0, 0.1) is 17.1 Å². The second-order valence-corrected chi connectivity index (χ2v) is 5.08. The number of nitriles is 1. The first kappa shape index (κ1) is 13.9. The van der Waals surface area contributed by atoms with Gasteiger partial charge in [-0.15, -0.1) is 0 Å². The predicted molar refractivity (Wildman–Crippen MR) is 74.6 cm³/mol. The number of hydrogen-bond donors (Lipinski definition) is 0. The minimum absolute atomic E-state index is 0.245. The normalized spacial score (nSPS) is 10.0. The molecular weight excluding hydrogens is 333 g/mol. The molecule has 2 aromatic rings. The lowest BCUT2D eigenvalue weighted by Crippen LogP contribution is -1.98. The van der Waals surface area contributed by atoms with Crippen molar-refractivity contribution >= 4 is 27.5 Å². The summed E-state index contributed by atoms with van der Waals surface area (Å²) in [7, 11) is 0. The summed E-state index contributed by atoms with van der Waals surface area (Å²) in [5.41, 5.74) is 1.16. The Morgan fingerprint density at radius 3 is 2.58 bits per heavy atom. The Labute approximate surface area is 123 Å². The molecule has 0 saturated heterocycles. The summed E-state index contributed by atoms with van der Waals surface area (Å²) < 4.78 is 19.0. The lowest BCUT2D eigenvalue weighted by Gasteiger charge is -2.10. The zero-order valence-electron chi connectivity index (χ0n) is 9.66. The summed E-state index contributed by atoms with van der Waals surface area (Å²) in [5.74, 6) is 0.130. The molecule has 0 atom stereocenters. The fourth-order valence-electron chi connectivity index (χ4n) is 1.53. The molecule has 0 saturated carbocycles. The maximum absolute atomic E-state index is 12.8. The molecule has 0 N–H and O–H groups in total. The van der Waals surface area contributed by atoms with Crippen LogP contribution in [0.15, 0.2) is 40.9 Å². The quantitative estimate of drug-likeness (QED) is 0.812. The van der Waals surface area contributed by atoms with Gasteiger partial charge in [-0.1, -0.05) is 23.7 Å². The molecule has 19 heavy (non-hydrogen) atoms. The minimum atomic E-state index is -0.297. The van der Waals surface area contributed by atoms with Crippen molar-refractivity contribution in [3.05, 3.63) is 62.8 Å². The molecule has 0 aromatic heterocycles. The molecule has 0 aliphatic heterocycles. The second kappa shape index (κ2) is 6.05. The minimum Gasteiger partial charge on any atom is -0.486 e. The van der Waals surface area contributed by atoms with E-state index in [0.29, 0.717) is 20.8 Å². The van der Waals surface area contributed by atoms with E-state index in [4.69, 9.17) is 21.6 Å². The molecular formula is C14H8BrClFNO. The zero-order chi connectivity index (χ0) is 13.8. The monoisotopic (exact) mass is 339 g/mol. The predicted octanol–water partition coefficient (Wildman–Crippen LogP) is 4.69. The van der Waals surface area contributed by atoms with Crippen LogP contribution < -0.4 is 4.74 Å². The van der Waals surface area contributed by atoms with E-state index in [-0.39, 0.29) is 12.4 Å². The van der Waals surface area contributed by atoms with Crippen LogP contribution in [0.4, 0.5) is 4.39 Å². The van der Waals surface area contributed by atoms with Crippen molar-refractivity contribution in [3.63, 3.8) is 0 Å². The molecule has 2 aromatic carbocycles. The van der Waals surface area contributed by atoms with Crippen molar-refractivity contribution in [3.8, 4) is 11.8 Å². The van der Waals surface area contributed by atoms with Gasteiger partial charge in [0.2, 0.25) is 0 Å². The van der Waals surface area contributed by atoms with Crippen LogP contribution in [0.1, 0.15) is 11.1 Å². The summed E-state index contributed by atoms with van der Waals surface area (Å²) in [6.45, 7) is 0.245. The Morgan fingerprint density at radius 2 is 1.95 bits per heavy atom. The molecule has 0 unspecified atom stereocenters. The SMILES string of the molecule is N#Cc1cc(Cl)cc(Br)c1OCc1ccc(F)cc1. The van der Waals surface area contributed by atoms with E-state index in [2.05, 4.69) is 15.9 Å². The lowest BCUT2D eigenvalue weighted by atomic mass is 10.2. The largest absolute Gasteiger partial charge is 0.486 e. The van der Waals surface area contributed by atoms with E-state index in [1.165, 1.54) is 18.2 Å². The van der Waals surface area contributed by atoms with Crippen LogP contribution in [0.5, 0.6) is 5.75 Å². The average molecular weight is 341 g/mol. The number of nitrogens with zero attached hydrogens (tertiary/aromatic N) is 1. The number of hydrogen-bond acceptors (Lipinski definition) is 2. The van der Waals surface area contributed by atoms with Gasteiger partial charge in [0.15, 0.2) is 5.75 Å². The van der Waals surface area contributed by atoms with Gasteiger partial charge >= 0.3 is 0 Å². The first-order valence-corrected chi connectivity index (χ1v) is 6.53. The second-order valence-electron chi connectivity index (χ2n) is 3.79. The van der Waals surface area contributed by atoms with Gasteiger partial charge in [-0.05, 0) is 45.8 Å². The highest BCUT2D eigenvalue weighted by atomic mass is 79.9. The molecule has 5 heteroatoms. The Balaban J connectivity index is 2.20. The van der Waals surface area contributed by atoms with Gasteiger partial charge < -0.3 is 4.74 Å². The maximum atomic E-state index is 12.8. The molecule has 0 bridgehead atoms. The van der Waals surface area contributed by atoms with Crippen LogP contribution in [0.25, 0.3) is 0 Å². The molecule has 0 heterocycles. The zero-order valence-corrected chi connectivity index (χ0v) is 12.0. The van der Waals surface area contributed by atoms with E-state index >= 15 is 0 Å². The number of halogens is 3. The summed E-state index contributed by atoms with van der Waals surface area (Å²) >= 11 is 9.16. The highest BCUT2D eigenvalue weighted by Gasteiger charge is 2.10. The van der Waals surface area contributed by atoms with Gasteiger partial charge in [0.25, 0.3) is 0 Å². The Kier molecular flexibility index (Phi) is 4.41. The van der Waals surface area contributed by atoms with Crippen molar-refractivity contribution in [2.75, 3.05) is 0 Å². The summed E-state index contributed by atoms with van der Waals surface area (Å²) in [4.78, 5) is 0. The number of ether oxygens (including phenoxy) is 1. The molecule has 0 fully saturated rings. The fourth-order valence-corrected chi connectivity index (χ4v) is 2.45. The number of benzene rings is 2. The molecule has 0 aliphatic rings. The highest BCUT2D eigenvalue weighted by molar-refractivity contribution is 9.10. The van der Waals surface area contributed by atoms with Gasteiger partial charge in [-0.25, -0.2) is 4.39 Å². The van der Waals surface area contributed by atoms with Crippen molar-refractivity contribution < 1.29 is 9.13 Å². The van der Waals surface area contributed by atoms with E-state index in [1.54, 1.807) is 18.2 Å².